The highest BCUT2D eigenvalue weighted by atomic mass is 32.2. The van der Waals surface area contributed by atoms with Crippen LogP contribution in [0.1, 0.15) is 20.4 Å². The molecule has 0 bridgehead atoms. The first kappa shape index (κ1) is 14.1. The molecular weight excluding hydrogens is 308 g/mol. The van der Waals surface area contributed by atoms with Crippen molar-refractivity contribution in [3.63, 3.8) is 0 Å². The monoisotopic (exact) mass is 318 g/mol. The maximum Gasteiger partial charge on any atom is 0.355 e. The molecule has 0 saturated carbocycles. The van der Waals surface area contributed by atoms with E-state index >= 15 is 0 Å². The summed E-state index contributed by atoms with van der Waals surface area (Å²) in [5.41, 5.74) is -0.0776. The Balaban J connectivity index is 2.07. The number of thiazole rings is 1. The van der Waals surface area contributed by atoms with Crippen LogP contribution >= 0.6 is 22.7 Å². The summed E-state index contributed by atoms with van der Waals surface area (Å²) in [6.45, 7) is 1.81. The Morgan fingerprint density at radius 2 is 2.21 bits per heavy atom. The number of aromatic carboxylic acids is 1. The van der Waals surface area contributed by atoms with Gasteiger partial charge in [0.25, 0.3) is 0 Å². The van der Waals surface area contributed by atoms with Gasteiger partial charge in [-0.05, 0) is 19.1 Å². The van der Waals surface area contributed by atoms with Crippen LogP contribution < -0.4 is 4.72 Å². The van der Waals surface area contributed by atoms with Crippen molar-refractivity contribution in [3.8, 4) is 0 Å². The van der Waals surface area contributed by atoms with E-state index in [0.717, 1.165) is 16.2 Å². The zero-order chi connectivity index (χ0) is 14.0. The topological polar surface area (TPSA) is 96.4 Å². The molecule has 0 saturated heterocycles. The van der Waals surface area contributed by atoms with Crippen LogP contribution in [-0.2, 0) is 16.6 Å². The fourth-order valence-corrected chi connectivity index (χ4v) is 4.39. The van der Waals surface area contributed by atoms with Crippen LogP contribution in [0.15, 0.2) is 21.7 Å². The Bertz CT molecular complexity index is 702. The van der Waals surface area contributed by atoms with Crippen LogP contribution in [0.25, 0.3) is 0 Å². The molecule has 102 valence electrons. The average molecular weight is 318 g/mol. The van der Waals surface area contributed by atoms with Gasteiger partial charge in [0, 0.05) is 10.3 Å². The largest absolute Gasteiger partial charge is 0.476 e. The van der Waals surface area contributed by atoms with E-state index in [2.05, 4.69) is 9.71 Å². The number of carbonyl (C=O) groups is 1. The van der Waals surface area contributed by atoms with E-state index in [9.17, 15) is 13.2 Å². The second-order valence-electron chi connectivity index (χ2n) is 3.62. The molecule has 0 radical (unpaired) electrons. The van der Waals surface area contributed by atoms with Gasteiger partial charge in [-0.2, -0.15) is 0 Å². The van der Waals surface area contributed by atoms with Gasteiger partial charge in [-0.1, -0.05) is 0 Å². The summed E-state index contributed by atoms with van der Waals surface area (Å²) in [6, 6.07) is 3.26. The van der Waals surface area contributed by atoms with Gasteiger partial charge in [0.15, 0.2) is 5.69 Å². The van der Waals surface area contributed by atoms with E-state index in [1.807, 2.05) is 6.92 Å². The molecule has 2 N–H and O–H groups in total. The molecule has 0 aliphatic heterocycles. The fourth-order valence-electron chi connectivity index (χ4n) is 1.27. The predicted molar refractivity (Wildman–Crippen MR) is 72.2 cm³/mol. The van der Waals surface area contributed by atoms with Crippen LogP contribution in [0.2, 0.25) is 0 Å². The van der Waals surface area contributed by atoms with Crippen molar-refractivity contribution in [1.82, 2.24) is 9.71 Å². The lowest BCUT2D eigenvalue weighted by atomic mass is 10.5. The number of carboxylic acids is 1. The maximum atomic E-state index is 11.9. The van der Waals surface area contributed by atoms with Crippen LogP contribution in [0, 0.1) is 6.92 Å². The lowest BCUT2D eigenvalue weighted by Gasteiger charge is -2.01. The SMILES string of the molecule is Cc1ccc(S(=O)(=O)NCc2nc(C(=O)O)cs2)s1. The molecule has 0 aliphatic carbocycles. The molecule has 0 aliphatic rings. The number of hydrogen-bond acceptors (Lipinski definition) is 6. The van der Waals surface area contributed by atoms with E-state index < -0.39 is 16.0 Å². The van der Waals surface area contributed by atoms with Gasteiger partial charge in [0.1, 0.15) is 9.22 Å². The fraction of sp³-hybridized carbons (Fsp3) is 0.200. The number of thiophene rings is 1. The molecule has 2 rings (SSSR count). The van der Waals surface area contributed by atoms with Crippen molar-refractivity contribution in [1.29, 1.82) is 0 Å². The highest BCUT2D eigenvalue weighted by molar-refractivity contribution is 7.91. The summed E-state index contributed by atoms with van der Waals surface area (Å²) in [7, 11) is -3.56. The number of sulfonamides is 1. The first-order chi connectivity index (χ1) is 8.88. The number of nitrogens with zero attached hydrogens (tertiary/aromatic N) is 1. The second-order valence-corrected chi connectivity index (χ2v) is 7.85. The van der Waals surface area contributed by atoms with Crippen molar-refractivity contribution in [2.24, 2.45) is 0 Å². The highest BCUT2D eigenvalue weighted by Gasteiger charge is 2.17. The summed E-state index contributed by atoms with van der Waals surface area (Å²) in [5.74, 6) is -1.13. The van der Waals surface area contributed by atoms with Crippen molar-refractivity contribution in [2.45, 2.75) is 17.7 Å². The lowest BCUT2D eigenvalue weighted by Crippen LogP contribution is -2.22. The Kier molecular flexibility index (Phi) is 3.99. The van der Waals surface area contributed by atoms with E-state index in [4.69, 9.17) is 5.11 Å². The van der Waals surface area contributed by atoms with Crippen LogP contribution in [0.3, 0.4) is 0 Å². The lowest BCUT2D eigenvalue weighted by molar-refractivity contribution is 0.0691. The molecule has 2 aromatic heterocycles. The molecule has 9 heteroatoms. The molecule has 0 unspecified atom stereocenters. The molecule has 0 amide bonds. The molecule has 6 nitrogen and oxygen atoms in total. The van der Waals surface area contributed by atoms with Gasteiger partial charge < -0.3 is 5.11 Å². The Hall–Kier alpha value is -1.29. The van der Waals surface area contributed by atoms with Crippen LogP contribution in [0.5, 0.6) is 0 Å². The zero-order valence-corrected chi connectivity index (χ0v) is 12.2. The van der Waals surface area contributed by atoms with Gasteiger partial charge in [0.2, 0.25) is 10.0 Å². The third kappa shape index (κ3) is 3.38. The van der Waals surface area contributed by atoms with Crippen LogP contribution in [0.4, 0.5) is 0 Å². The molecule has 2 heterocycles. The van der Waals surface area contributed by atoms with Gasteiger partial charge in [-0.25, -0.2) is 22.9 Å². The third-order valence-electron chi connectivity index (χ3n) is 2.16. The second kappa shape index (κ2) is 5.37. The minimum atomic E-state index is -3.56. The van der Waals surface area contributed by atoms with E-state index in [-0.39, 0.29) is 16.4 Å². The number of nitrogens with one attached hydrogen (secondary N) is 1. The third-order valence-corrected chi connectivity index (χ3v) is 5.91. The van der Waals surface area contributed by atoms with Gasteiger partial charge in [0.05, 0.1) is 6.54 Å². The number of aryl methyl sites for hydroxylation is 1. The highest BCUT2D eigenvalue weighted by Crippen LogP contribution is 2.20. The predicted octanol–water partition coefficient (Wildman–Crippen LogP) is 1.69. The summed E-state index contributed by atoms with van der Waals surface area (Å²) < 4.78 is 26.5. The Labute approximate surface area is 117 Å². The molecule has 0 spiro atoms. The van der Waals surface area contributed by atoms with Crippen molar-refractivity contribution < 1.29 is 18.3 Å². The molecule has 19 heavy (non-hydrogen) atoms. The minimum absolute atomic E-state index is 0.0166. The smallest absolute Gasteiger partial charge is 0.355 e. The number of hydrogen-bond donors (Lipinski definition) is 2. The molecule has 0 atom stereocenters. The minimum Gasteiger partial charge on any atom is -0.476 e. The molecular formula is C10H10N2O4S3. The average Bonchev–Trinajstić information content (AvgIpc) is 2.95. The Morgan fingerprint density at radius 1 is 1.47 bits per heavy atom. The van der Waals surface area contributed by atoms with E-state index in [1.54, 1.807) is 6.07 Å². The zero-order valence-electron chi connectivity index (χ0n) is 9.78. The normalized spacial score (nSPS) is 11.6. The van der Waals surface area contributed by atoms with Crippen molar-refractivity contribution >= 4 is 38.7 Å². The first-order valence-corrected chi connectivity index (χ1v) is 8.30. The van der Waals surface area contributed by atoms with Gasteiger partial charge >= 0.3 is 5.97 Å². The maximum absolute atomic E-state index is 11.9. The number of aromatic nitrogens is 1. The van der Waals surface area contributed by atoms with Gasteiger partial charge in [-0.15, -0.1) is 22.7 Å². The number of carboxylic acid groups (broad SMARTS) is 1. The van der Waals surface area contributed by atoms with E-state index in [1.165, 1.54) is 22.8 Å². The quantitative estimate of drug-likeness (QED) is 0.874. The summed E-state index contributed by atoms with van der Waals surface area (Å²) in [4.78, 5) is 15.4. The van der Waals surface area contributed by atoms with Crippen LogP contribution in [-0.4, -0.2) is 24.5 Å². The summed E-state index contributed by atoms with van der Waals surface area (Å²) >= 11 is 2.28. The molecule has 0 fully saturated rings. The summed E-state index contributed by atoms with van der Waals surface area (Å²) in [5, 5.41) is 10.5. The Morgan fingerprint density at radius 3 is 2.74 bits per heavy atom. The standard InChI is InChI=1S/C10H10N2O4S3/c1-6-2-3-9(18-6)19(15,16)11-4-8-12-7(5-17-8)10(13)14/h2-3,5,11H,4H2,1H3,(H,13,14). The summed E-state index contributed by atoms with van der Waals surface area (Å²) in [6.07, 6.45) is 0. The van der Waals surface area contributed by atoms with Crippen molar-refractivity contribution in [3.05, 3.63) is 33.1 Å². The molecule has 0 aromatic carbocycles. The molecule has 2 aromatic rings. The van der Waals surface area contributed by atoms with E-state index in [0.29, 0.717) is 5.01 Å². The van der Waals surface area contributed by atoms with Crippen molar-refractivity contribution in [2.75, 3.05) is 0 Å². The van der Waals surface area contributed by atoms with Gasteiger partial charge in [-0.3, -0.25) is 0 Å². The first-order valence-electron chi connectivity index (χ1n) is 5.12. The number of rotatable bonds is 5.